The van der Waals surface area contributed by atoms with Gasteiger partial charge in [0.05, 0.1) is 12.1 Å². The molecule has 0 fully saturated rings. The first-order chi connectivity index (χ1) is 11.2. The van der Waals surface area contributed by atoms with Crippen LogP contribution in [0.3, 0.4) is 0 Å². The van der Waals surface area contributed by atoms with Crippen LogP contribution >= 0.6 is 11.8 Å². The molecule has 0 saturated carbocycles. The summed E-state index contributed by atoms with van der Waals surface area (Å²) in [6.07, 6.45) is 0. The maximum Gasteiger partial charge on any atom is 0.262 e. The Kier molecular flexibility index (Phi) is 4.71. The van der Waals surface area contributed by atoms with Crippen molar-refractivity contribution in [3.8, 4) is 0 Å². The highest BCUT2D eigenvalue weighted by Crippen LogP contribution is 2.23. The Bertz CT molecular complexity index is 764. The Balaban J connectivity index is 1.72. The minimum absolute atomic E-state index is 0.0218. The van der Waals surface area contributed by atoms with Gasteiger partial charge >= 0.3 is 0 Å². The zero-order chi connectivity index (χ0) is 16.2. The Hall–Kier alpha value is -2.21. The van der Waals surface area contributed by atoms with E-state index in [1.54, 1.807) is 24.3 Å². The van der Waals surface area contributed by atoms with Crippen molar-refractivity contribution in [1.82, 2.24) is 4.90 Å². The smallest absolute Gasteiger partial charge is 0.262 e. The van der Waals surface area contributed by atoms with Gasteiger partial charge < -0.3 is 0 Å². The van der Waals surface area contributed by atoms with Crippen LogP contribution in [0.2, 0.25) is 0 Å². The molecule has 1 heterocycles. The van der Waals surface area contributed by atoms with Crippen LogP contribution in [0.4, 0.5) is 8.78 Å². The number of halogens is 2. The maximum atomic E-state index is 13.8. The molecular weight excluding hydrogens is 318 g/mol. The van der Waals surface area contributed by atoms with Gasteiger partial charge in [-0.15, -0.1) is 0 Å². The van der Waals surface area contributed by atoms with E-state index in [-0.39, 0.29) is 11.4 Å². The molecule has 0 bridgehead atoms. The average Bonchev–Trinajstić information content (AvgIpc) is 3.02. The topological polar surface area (TPSA) is 32.7 Å². The molecule has 1 aliphatic heterocycles. The van der Waals surface area contributed by atoms with E-state index in [4.69, 9.17) is 0 Å². The largest absolute Gasteiger partial charge is 0.285 e. The minimum atomic E-state index is -0.553. The fraction of sp³-hybridized carbons (Fsp3) is 0.176. The second kappa shape index (κ2) is 6.91. The second-order valence-corrected chi connectivity index (χ2v) is 5.92. The lowest BCUT2D eigenvalue weighted by Gasteiger charge is -2.18. The summed E-state index contributed by atoms with van der Waals surface area (Å²) in [5.41, 5.74) is 0.569. The Morgan fingerprint density at radius 2 is 1.78 bits per heavy atom. The summed E-state index contributed by atoms with van der Waals surface area (Å²) in [4.78, 5) is 18.2. The molecule has 0 saturated heterocycles. The summed E-state index contributed by atoms with van der Waals surface area (Å²) in [5.74, 6) is -0.888. The van der Waals surface area contributed by atoms with E-state index in [1.807, 2.05) is 0 Å². The van der Waals surface area contributed by atoms with Crippen molar-refractivity contribution in [3.63, 3.8) is 0 Å². The van der Waals surface area contributed by atoms with Gasteiger partial charge in [-0.3, -0.25) is 14.7 Å². The van der Waals surface area contributed by atoms with Crippen LogP contribution < -0.4 is 0 Å². The summed E-state index contributed by atoms with van der Waals surface area (Å²) >= 11 is 1.28. The first kappa shape index (κ1) is 15.7. The molecule has 0 aliphatic carbocycles. The lowest BCUT2D eigenvalue weighted by Crippen LogP contribution is -2.33. The fourth-order valence-corrected chi connectivity index (χ4v) is 3.31. The monoisotopic (exact) mass is 332 g/mol. The molecule has 0 radical (unpaired) electrons. The summed E-state index contributed by atoms with van der Waals surface area (Å²) in [6, 6.07) is 12.4. The zero-order valence-corrected chi connectivity index (χ0v) is 13.0. The normalized spacial score (nSPS) is 14.0. The highest BCUT2D eigenvalue weighted by Gasteiger charge is 2.26. The van der Waals surface area contributed by atoms with Gasteiger partial charge in [0.25, 0.3) is 5.91 Å². The van der Waals surface area contributed by atoms with Crippen LogP contribution in [-0.2, 0) is 5.75 Å². The maximum absolute atomic E-state index is 13.8. The molecule has 0 spiro atoms. The van der Waals surface area contributed by atoms with Crippen molar-refractivity contribution in [2.24, 2.45) is 4.99 Å². The lowest BCUT2D eigenvalue weighted by atomic mass is 10.2. The number of amidine groups is 1. The minimum Gasteiger partial charge on any atom is -0.285 e. The zero-order valence-electron chi connectivity index (χ0n) is 12.2. The number of nitrogens with zero attached hydrogens (tertiary/aromatic N) is 2. The van der Waals surface area contributed by atoms with Crippen molar-refractivity contribution < 1.29 is 13.6 Å². The number of amides is 1. The number of carbonyl (C=O) groups is 1. The molecule has 118 valence electrons. The molecule has 2 aromatic rings. The predicted octanol–water partition coefficient (Wildman–Crippen LogP) is 3.71. The summed E-state index contributed by atoms with van der Waals surface area (Å²) < 4.78 is 27.4. The van der Waals surface area contributed by atoms with Gasteiger partial charge in [0.2, 0.25) is 0 Å². The van der Waals surface area contributed by atoms with E-state index in [0.717, 1.165) is 0 Å². The van der Waals surface area contributed by atoms with Gasteiger partial charge in [-0.2, -0.15) is 0 Å². The van der Waals surface area contributed by atoms with Crippen molar-refractivity contribution in [2.45, 2.75) is 5.75 Å². The molecule has 6 heteroatoms. The lowest BCUT2D eigenvalue weighted by molar-refractivity contribution is 0.0856. The van der Waals surface area contributed by atoms with Crippen molar-refractivity contribution >= 4 is 22.8 Å². The number of hydrogen-bond acceptors (Lipinski definition) is 3. The number of hydrogen-bond donors (Lipinski definition) is 0. The van der Waals surface area contributed by atoms with E-state index >= 15 is 0 Å². The van der Waals surface area contributed by atoms with Gasteiger partial charge in [0, 0.05) is 12.3 Å². The predicted molar refractivity (Wildman–Crippen MR) is 87.4 cm³/mol. The third-order valence-electron chi connectivity index (χ3n) is 3.47. The molecule has 23 heavy (non-hydrogen) atoms. The molecule has 1 amide bonds. The number of aliphatic imine (C=N–C) groups is 1. The fourth-order valence-electron chi connectivity index (χ4n) is 2.28. The summed E-state index contributed by atoms with van der Waals surface area (Å²) in [5, 5.41) is 0.501. The highest BCUT2D eigenvalue weighted by atomic mass is 32.2. The van der Waals surface area contributed by atoms with Crippen molar-refractivity contribution in [2.75, 3.05) is 13.1 Å². The number of rotatable bonds is 3. The Labute approximate surface area is 137 Å². The third-order valence-corrected chi connectivity index (χ3v) is 4.53. The summed E-state index contributed by atoms with van der Waals surface area (Å²) in [6.45, 7) is 0.882. The van der Waals surface area contributed by atoms with E-state index in [0.29, 0.717) is 29.6 Å². The Morgan fingerprint density at radius 1 is 1.09 bits per heavy atom. The molecule has 0 unspecified atom stereocenters. The van der Waals surface area contributed by atoms with Gasteiger partial charge in [0.1, 0.15) is 11.6 Å². The quantitative estimate of drug-likeness (QED) is 0.858. The standard InChI is InChI=1S/C17H14F2N2OS/c18-14-7-3-1-5-12(14)11-23-17-20-9-10-21(17)16(22)13-6-2-4-8-15(13)19/h1-8H,9-11H2. The molecule has 1 aliphatic rings. The van der Waals surface area contributed by atoms with E-state index in [9.17, 15) is 13.6 Å². The van der Waals surface area contributed by atoms with Crippen LogP contribution in [0.5, 0.6) is 0 Å². The average molecular weight is 332 g/mol. The number of carbonyl (C=O) groups excluding carboxylic acids is 1. The summed E-state index contributed by atoms with van der Waals surface area (Å²) in [7, 11) is 0. The van der Waals surface area contributed by atoms with Crippen molar-refractivity contribution in [3.05, 3.63) is 71.3 Å². The van der Waals surface area contributed by atoms with Crippen LogP contribution in [0.1, 0.15) is 15.9 Å². The first-order valence-electron chi connectivity index (χ1n) is 7.14. The van der Waals surface area contributed by atoms with Gasteiger partial charge in [-0.25, -0.2) is 8.78 Å². The number of thioether (sulfide) groups is 1. The van der Waals surface area contributed by atoms with Crippen LogP contribution in [0.25, 0.3) is 0 Å². The number of benzene rings is 2. The third kappa shape index (κ3) is 3.42. The molecule has 0 aromatic heterocycles. The van der Waals surface area contributed by atoms with Gasteiger partial charge in [0.15, 0.2) is 5.17 Å². The SMILES string of the molecule is O=C(c1ccccc1F)N1CCN=C1SCc1ccccc1F. The van der Waals surface area contributed by atoms with E-state index in [2.05, 4.69) is 4.99 Å². The molecule has 0 atom stereocenters. The molecule has 0 N–H and O–H groups in total. The second-order valence-electron chi connectivity index (χ2n) is 4.98. The molecular formula is C17H14F2N2OS. The van der Waals surface area contributed by atoms with E-state index < -0.39 is 11.7 Å². The van der Waals surface area contributed by atoms with E-state index in [1.165, 1.54) is 40.9 Å². The van der Waals surface area contributed by atoms with Gasteiger partial charge in [-0.1, -0.05) is 42.1 Å². The van der Waals surface area contributed by atoms with Crippen LogP contribution in [-0.4, -0.2) is 29.1 Å². The highest BCUT2D eigenvalue weighted by molar-refractivity contribution is 8.13. The molecule has 3 rings (SSSR count). The molecule has 3 nitrogen and oxygen atoms in total. The first-order valence-corrected chi connectivity index (χ1v) is 8.12. The Morgan fingerprint density at radius 3 is 2.52 bits per heavy atom. The van der Waals surface area contributed by atoms with Crippen molar-refractivity contribution in [1.29, 1.82) is 0 Å². The van der Waals surface area contributed by atoms with Gasteiger partial charge in [-0.05, 0) is 23.8 Å². The van der Waals surface area contributed by atoms with Crippen LogP contribution in [0, 0.1) is 11.6 Å². The molecule has 2 aromatic carbocycles. The van der Waals surface area contributed by atoms with Crippen LogP contribution in [0.15, 0.2) is 53.5 Å².